The van der Waals surface area contributed by atoms with E-state index in [4.69, 9.17) is 15.2 Å². The number of aliphatic hydroxyl groups excluding tert-OH is 1. The van der Waals surface area contributed by atoms with Gasteiger partial charge in [-0.25, -0.2) is 0 Å². The zero-order valence-electron chi connectivity index (χ0n) is 33.4. The Kier molecular flexibility index (Phi) is 10.5. The Bertz CT molecular complexity index is 1460. The number of esters is 2. The standard InChI is InChI=1S/C41H68N2O7Si/c1-35(2)28-13-16-40(7)33(38(28,5)15-14-30(35)45)27(44)25-29-39(40,6)20-19-37(4)18-17-36(3,34(48)49-23-24-51(8,9)10)26-41(29,37)50-32(47)12-11-31(46)43-22-21-42/h25,28,30,33,45H,11-24,26,42H2,1-10H3,(H,43,46)/t28?,30-,33+,36-,37+,38-,39+,40+,41?/m0/s1. The number of allylic oxidation sites excluding steroid dienone is 1. The minimum atomic E-state index is -1.45. The van der Waals surface area contributed by atoms with E-state index >= 15 is 4.79 Å². The van der Waals surface area contributed by atoms with E-state index in [1.165, 1.54) is 0 Å². The quantitative estimate of drug-likeness (QED) is 0.166. The number of carbonyl (C=O) groups excluding carboxylic acids is 4. The second-order valence-corrected chi connectivity index (χ2v) is 25.9. The van der Waals surface area contributed by atoms with Crippen molar-refractivity contribution in [3.8, 4) is 0 Å². The van der Waals surface area contributed by atoms with Gasteiger partial charge in [0, 0.05) is 45.3 Å². The van der Waals surface area contributed by atoms with E-state index in [1.807, 2.05) is 13.0 Å². The van der Waals surface area contributed by atoms with Gasteiger partial charge in [-0.2, -0.15) is 0 Å². The summed E-state index contributed by atoms with van der Waals surface area (Å²) in [6.07, 6.45) is 7.62. The average molecular weight is 729 g/mol. The van der Waals surface area contributed by atoms with Gasteiger partial charge in [0.15, 0.2) is 5.78 Å². The van der Waals surface area contributed by atoms with Gasteiger partial charge in [0.2, 0.25) is 5.91 Å². The predicted octanol–water partition coefficient (Wildman–Crippen LogP) is 6.73. The Morgan fingerprint density at radius 1 is 0.941 bits per heavy atom. The Morgan fingerprint density at radius 2 is 1.61 bits per heavy atom. The van der Waals surface area contributed by atoms with E-state index < -0.39 is 47.4 Å². The summed E-state index contributed by atoms with van der Waals surface area (Å²) in [6.45, 7) is 23.1. The molecular formula is C41H68N2O7Si. The van der Waals surface area contributed by atoms with E-state index in [1.54, 1.807) is 0 Å². The summed E-state index contributed by atoms with van der Waals surface area (Å²) in [5.74, 6) is -0.995. The van der Waals surface area contributed by atoms with E-state index in [0.717, 1.165) is 43.7 Å². The van der Waals surface area contributed by atoms with Crippen molar-refractivity contribution in [3.63, 3.8) is 0 Å². The molecule has 5 rings (SSSR count). The van der Waals surface area contributed by atoms with Crippen LogP contribution in [0.3, 0.4) is 0 Å². The lowest BCUT2D eigenvalue weighted by atomic mass is 9.32. The fourth-order valence-electron chi connectivity index (χ4n) is 12.0. The van der Waals surface area contributed by atoms with Crippen LogP contribution in [-0.2, 0) is 28.7 Å². The van der Waals surface area contributed by atoms with Crippen molar-refractivity contribution < 1.29 is 33.8 Å². The number of nitrogens with one attached hydrogen (secondary N) is 1. The number of nitrogens with two attached hydrogens (primary N) is 1. The predicted molar refractivity (Wildman–Crippen MR) is 201 cm³/mol. The van der Waals surface area contributed by atoms with Gasteiger partial charge in [-0.3, -0.25) is 19.2 Å². The molecule has 5 aliphatic carbocycles. The van der Waals surface area contributed by atoms with Crippen LogP contribution >= 0.6 is 0 Å². The Balaban J connectivity index is 1.60. The smallest absolute Gasteiger partial charge is 0.311 e. The molecule has 9 nitrogen and oxygen atoms in total. The van der Waals surface area contributed by atoms with Crippen LogP contribution in [0.5, 0.6) is 0 Å². The van der Waals surface area contributed by atoms with Gasteiger partial charge >= 0.3 is 11.9 Å². The van der Waals surface area contributed by atoms with Gasteiger partial charge in [-0.15, -0.1) is 0 Å². The third kappa shape index (κ3) is 6.49. The molecule has 288 valence electrons. The number of amides is 1. The highest BCUT2D eigenvalue weighted by Crippen LogP contribution is 2.76. The first-order valence-corrected chi connectivity index (χ1v) is 23.5. The highest BCUT2D eigenvalue weighted by molar-refractivity contribution is 6.76. The Hall–Kier alpha value is -2.04. The van der Waals surface area contributed by atoms with E-state index in [2.05, 4.69) is 66.5 Å². The topological polar surface area (TPSA) is 145 Å². The van der Waals surface area contributed by atoms with Crippen molar-refractivity contribution in [1.29, 1.82) is 0 Å². The molecule has 0 aliphatic heterocycles. The zero-order chi connectivity index (χ0) is 38.1. The van der Waals surface area contributed by atoms with Gasteiger partial charge in [-0.1, -0.05) is 61.2 Å². The maximum atomic E-state index is 15.0. The van der Waals surface area contributed by atoms with Gasteiger partial charge in [-0.05, 0) is 104 Å². The summed E-state index contributed by atoms with van der Waals surface area (Å²) in [7, 11) is -1.45. The number of aliphatic hydroxyl groups is 1. The Labute approximate surface area is 308 Å². The maximum absolute atomic E-state index is 15.0. The van der Waals surface area contributed by atoms with Crippen molar-refractivity contribution in [3.05, 3.63) is 11.6 Å². The molecule has 5 aliphatic rings. The van der Waals surface area contributed by atoms with E-state index in [9.17, 15) is 19.5 Å². The summed E-state index contributed by atoms with van der Waals surface area (Å²) in [6, 6.07) is 0.865. The van der Waals surface area contributed by atoms with Crippen LogP contribution in [0, 0.1) is 44.3 Å². The highest BCUT2D eigenvalue weighted by atomic mass is 28.3. The van der Waals surface area contributed by atoms with Crippen LogP contribution in [0.4, 0.5) is 0 Å². The summed E-state index contributed by atoms with van der Waals surface area (Å²) in [5, 5.41) is 13.9. The van der Waals surface area contributed by atoms with Crippen LogP contribution < -0.4 is 11.1 Å². The van der Waals surface area contributed by atoms with Gasteiger partial charge in [0.1, 0.15) is 5.60 Å². The Morgan fingerprint density at radius 3 is 2.25 bits per heavy atom. The largest absolute Gasteiger partial charge is 0.466 e. The highest BCUT2D eigenvalue weighted by Gasteiger charge is 2.74. The summed E-state index contributed by atoms with van der Waals surface area (Å²) >= 11 is 0. The second-order valence-electron chi connectivity index (χ2n) is 20.3. The molecule has 2 unspecified atom stereocenters. The molecule has 0 aromatic rings. The molecule has 0 aromatic heterocycles. The number of hydrogen-bond acceptors (Lipinski definition) is 8. The first-order chi connectivity index (χ1) is 23.4. The van der Waals surface area contributed by atoms with Crippen LogP contribution in [-0.4, -0.2) is 68.2 Å². The third-order valence-electron chi connectivity index (χ3n) is 15.5. The summed E-state index contributed by atoms with van der Waals surface area (Å²) < 4.78 is 12.8. The minimum absolute atomic E-state index is 0.0297. The first-order valence-electron chi connectivity index (χ1n) is 19.8. The number of hydrogen-bond donors (Lipinski definition) is 3. The van der Waals surface area contributed by atoms with Crippen molar-refractivity contribution in [2.75, 3.05) is 19.7 Å². The first kappa shape index (κ1) is 40.1. The monoisotopic (exact) mass is 728 g/mol. The molecular weight excluding hydrogens is 661 g/mol. The molecule has 4 N–H and O–H groups in total. The molecule has 4 fully saturated rings. The molecule has 51 heavy (non-hydrogen) atoms. The van der Waals surface area contributed by atoms with Crippen molar-refractivity contribution >= 4 is 31.7 Å². The van der Waals surface area contributed by atoms with Crippen LogP contribution in [0.1, 0.15) is 119 Å². The van der Waals surface area contributed by atoms with E-state index in [0.29, 0.717) is 39.0 Å². The van der Waals surface area contributed by atoms with Gasteiger partial charge < -0.3 is 25.6 Å². The number of carbonyl (C=O) groups is 4. The minimum Gasteiger partial charge on any atom is -0.466 e. The van der Waals surface area contributed by atoms with Crippen molar-refractivity contribution in [2.45, 2.75) is 156 Å². The molecule has 4 saturated carbocycles. The van der Waals surface area contributed by atoms with Gasteiger partial charge in [0.05, 0.1) is 24.5 Å². The zero-order valence-corrected chi connectivity index (χ0v) is 34.4. The molecule has 9 atom stereocenters. The number of fused-ring (bicyclic) bond motifs is 7. The lowest BCUT2D eigenvalue weighted by molar-refractivity contribution is -0.229. The molecule has 0 saturated heterocycles. The van der Waals surface area contributed by atoms with Gasteiger partial charge in [0.25, 0.3) is 0 Å². The molecule has 10 heteroatoms. The lowest BCUT2D eigenvalue weighted by Crippen LogP contribution is -2.70. The van der Waals surface area contributed by atoms with Crippen LogP contribution in [0.15, 0.2) is 11.6 Å². The number of rotatable bonds is 10. The average Bonchev–Trinajstić information content (AvgIpc) is 3.02. The second kappa shape index (κ2) is 13.4. The molecule has 0 bridgehead atoms. The van der Waals surface area contributed by atoms with Crippen LogP contribution in [0.2, 0.25) is 25.7 Å². The van der Waals surface area contributed by atoms with Crippen molar-refractivity contribution in [1.82, 2.24) is 5.32 Å². The van der Waals surface area contributed by atoms with E-state index in [-0.39, 0.29) is 59.6 Å². The SMILES string of the molecule is CC1(C)C2CC[C@]3(C)[C@H](C(=O)C=C4C5(OC(=O)CCC(=O)NCCN)C[C@@](C)(C(=O)OCC[Si](C)(C)C)CC[C@]5(C)CC[C@]43C)[C@@]2(C)CC[C@@H]1O. The fraction of sp³-hybridized carbons (Fsp3) is 0.854. The third-order valence-corrected chi connectivity index (χ3v) is 17.2. The lowest BCUT2D eigenvalue weighted by Gasteiger charge is -2.72. The molecule has 0 radical (unpaired) electrons. The fourth-order valence-corrected chi connectivity index (χ4v) is 12.7. The molecule has 1 amide bonds. The number of ketones is 1. The number of ether oxygens (including phenoxy) is 2. The molecule has 0 aromatic carbocycles. The summed E-state index contributed by atoms with van der Waals surface area (Å²) in [5.41, 5.74) is 2.24. The summed E-state index contributed by atoms with van der Waals surface area (Å²) in [4.78, 5) is 55.7. The molecule has 0 heterocycles. The maximum Gasteiger partial charge on any atom is 0.311 e. The molecule has 0 spiro atoms. The van der Waals surface area contributed by atoms with Crippen molar-refractivity contribution in [2.24, 2.45) is 50.1 Å². The van der Waals surface area contributed by atoms with Crippen LogP contribution in [0.25, 0.3) is 0 Å². The normalized spacial score (nSPS) is 41.5.